The summed E-state index contributed by atoms with van der Waals surface area (Å²) in [6, 6.07) is 23.4. The first-order valence-electron chi connectivity index (χ1n) is 9.92. The van der Waals surface area contributed by atoms with Gasteiger partial charge >= 0.3 is 0 Å². The Morgan fingerprint density at radius 1 is 1.09 bits per heavy atom. The van der Waals surface area contributed by atoms with Gasteiger partial charge in [0, 0.05) is 11.1 Å². The molecule has 0 aliphatic rings. The summed E-state index contributed by atoms with van der Waals surface area (Å²) < 4.78 is 19.4. The summed E-state index contributed by atoms with van der Waals surface area (Å²) in [5, 5.41) is 4.84. The minimum Gasteiger partial charge on any atom is -0.489 e. The van der Waals surface area contributed by atoms with Crippen LogP contribution in [-0.2, 0) is 6.61 Å². The number of aromatic nitrogens is 1. The molecule has 5 nitrogen and oxygen atoms in total. The molecule has 32 heavy (non-hydrogen) atoms. The van der Waals surface area contributed by atoms with E-state index in [1.165, 1.54) is 23.6 Å². The van der Waals surface area contributed by atoms with Gasteiger partial charge < -0.3 is 4.74 Å². The third-order valence-electron chi connectivity index (χ3n) is 4.61. The maximum atomic E-state index is 13.7. The van der Waals surface area contributed by atoms with Gasteiger partial charge in [-0.1, -0.05) is 60.7 Å². The van der Waals surface area contributed by atoms with Gasteiger partial charge in [-0.15, -0.1) is 11.3 Å². The smallest absolute Gasteiger partial charge is 0.283 e. The number of hydrogen-bond donors (Lipinski definition) is 1. The predicted octanol–water partition coefficient (Wildman–Crippen LogP) is 5.60. The van der Waals surface area contributed by atoms with Crippen molar-refractivity contribution in [2.75, 3.05) is 0 Å². The number of halogens is 1. The first-order valence-corrected chi connectivity index (χ1v) is 10.7. The van der Waals surface area contributed by atoms with E-state index in [1.807, 2.05) is 36.4 Å². The van der Waals surface area contributed by atoms with E-state index in [-0.39, 0.29) is 18.3 Å². The molecule has 3 aromatic carbocycles. The van der Waals surface area contributed by atoms with Gasteiger partial charge in [0.15, 0.2) is 0 Å². The Hall–Kier alpha value is -3.84. The summed E-state index contributed by atoms with van der Waals surface area (Å²) in [6.07, 6.45) is 1.53. The normalized spacial score (nSPS) is 10.9. The summed E-state index contributed by atoms with van der Waals surface area (Å²) in [4.78, 5) is 17.6. The van der Waals surface area contributed by atoms with Crippen molar-refractivity contribution in [3.05, 3.63) is 106 Å². The molecule has 0 radical (unpaired) electrons. The number of hydrogen-bond acceptors (Lipinski definition) is 5. The van der Waals surface area contributed by atoms with Crippen LogP contribution in [0.4, 0.5) is 4.39 Å². The molecule has 0 atom stereocenters. The molecule has 0 aliphatic carbocycles. The molecule has 4 rings (SSSR count). The number of rotatable bonds is 7. The maximum absolute atomic E-state index is 13.7. The van der Waals surface area contributed by atoms with Crippen molar-refractivity contribution in [1.82, 2.24) is 10.4 Å². The fraction of sp³-hybridized carbons (Fsp3) is 0.0800. The van der Waals surface area contributed by atoms with Gasteiger partial charge in [-0.05, 0) is 30.7 Å². The van der Waals surface area contributed by atoms with Crippen LogP contribution in [0.25, 0.3) is 10.6 Å². The highest BCUT2D eigenvalue weighted by Crippen LogP contribution is 2.27. The average Bonchev–Trinajstić information content (AvgIpc) is 3.21. The third kappa shape index (κ3) is 5.25. The summed E-state index contributed by atoms with van der Waals surface area (Å²) in [7, 11) is 0. The van der Waals surface area contributed by atoms with E-state index < -0.39 is 0 Å². The minimum atomic E-state index is -0.314. The maximum Gasteiger partial charge on any atom is 0.283 e. The highest BCUT2D eigenvalue weighted by atomic mass is 32.1. The van der Waals surface area contributed by atoms with Crippen LogP contribution in [0, 0.1) is 12.7 Å². The molecule has 1 N–H and O–H groups in total. The molecule has 0 spiro atoms. The summed E-state index contributed by atoms with van der Waals surface area (Å²) in [5.74, 6) is -0.0403. The summed E-state index contributed by atoms with van der Waals surface area (Å²) >= 11 is 1.33. The molecule has 1 heterocycles. The van der Waals surface area contributed by atoms with Crippen LogP contribution >= 0.6 is 11.3 Å². The molecular formula is C25H20FN3O2S. The van der Waals surface area contributed by atoms with Crippen molar-refractivity contribution in [2.45, 2.75) is 13.5 Å². The van der Waals surface area contributed by atoms with Gasteiger partial charge in [0.05, 0.1) is 11.9 Å². The second kappa shape index (κ2) is 9.98. The molecule has 0 fully saturated rings. The number of benzene rings is 3. The first-order chi connectivity index (χ1) is 15.6. The highest BCUT2D eigenvalue weighted by molar-refractivity contribution is 7.17. The fourth-order valence-corrected chi connectivity index (χ4v) is 3.95. The molecule has 1 aromatic heterocycles. The number of nitrogens with one attached hydrogen (secondary N) is 1. The second-order valence-electron chi connectivity index (χ2n) is 6.95. The largest absolute Gasteiger partial charge is 0.489 e. The number of thiazole rings is 1. The summed E-state index contributed by atoms with van der Waals surface area (Å²) in [6.45, 7) is 1.93. The van der Waals surface area contributed by atoms with Crippen molar-refractivity contribution in [1.29, 1.82) is 0 Å². The van der Waals surface area contributed by atoms with Gasteiger partial charge in [0.1, 0.15) is 28.1 Å². The Morgan fingerprint density at radius 2 is 1.88 bits per heavy atom. The fourth-order valence-electron chi connectivity index (χ4n) is 2.99. The quantitative estimate of drug-likeness (QED) is 0.297. The SMILES string of the molecule is Cc1nc(-c2ccccc2)sc1C(=O)N/N=C/c1cccc(OCc2ccccc2F)c1. The number of aryl methyl sites for hydroxylation is 1. The van der Waals surface area contributed by atoms with Gasteiger partial charge in [-0.3, -0.25) is 4.79 Å². The van der Waals surface area contributed by atoms with Crippen LogP contribution in [0.1, 0.15) is 26.5 Å². The Balaban J connectivity index is 1.38. The van der Waals surface area contributed by atoms with E-state index in [1.54, 1.807) is 43.3 Å². The van der Waals surface area contributed by atoms with E-state index in [4.69, 9.17) is 4.74 Å². The number of hydrazone groups is 1. The Labute approximate surface area is 189 Å². The monoisotopic (exact) mass is 445 g/mol. The second-order valence-corrected chi connectivity index (χ2v) is 7.95. The molecule has 4 aromatic rings. The lowest BCUT2D eigenvalue weighted by molar-refractivity contribution is 0.0958. The van der Waals surface area contributed by atoms with Gasteiger partial charge in [0.2, 0.25) is 0 Å². The topological polar surface area (TPSA) is 63.6 Å². The Bertz CT molecular complexity index is 1260. The molecular weight excluding hydrogens is 425 g/mol. The zero-order valence-electron chi connectivity index (χ0n) is 17.3. The van der Waals surface area contributed by atoms with Crippen LogP contribution in [0.3, 0.4) is 0 Å². The van der Waals surface area contributed by atoms with Gasteiger partial charge in [-0.25, -0.2) is 14.8 Å². The lowest BCUT2D eigenvalue weighted by Gasteiger charge is -2.07. The molecule has 0 saturated carbocycles. The lowest BCUT2D eigenvalue weighted by atomic mass is 10.2. The van der Waals surface area contributed by atoms with E-state index in [9.17, 15) is 9.18 Å². The van der Waals surface area contributed by atoms with E-state index in [0.29, 0.717) is 21.9 Å². The zero-order valence-corrected chi connectivity index (χ0v) is 18.1. The van der Waals surface area contributed by atoms with E-state index in [2.05, 4.69) is 15.5 Å². The number of amides is 1. The number of carbonyl (C=O) groups is 1. The first kappa shape index (κ1) is 21.4. The van der Waals surface area contributed by atoms with E-state index in [0.717, 1.165) is 16.1 Å². The molecule has 0 unspecified atom stereocenters. The number of ether oxygens (including phenoxy) is 1. The van der Waals surface area contributed by atoms with Crippen LogP contribution in [-0.4, -0.2) is 17.1 Å². The predicted molar refractivity (Wildman–Crippen MR) is 125 cm³/mol. The van der Waals surface area contributed by atoms with E-state index >= 15 is 0 Å². The molecule has 0 bridgehead atoms. The Kier molecular flexibility index (Phi) is 6.67. The zero-order chi connectivity index (χ0) is 22.3. The molecule has 160 valence electrons. The molecule has 0 aliphatic heterocycles. The van der Waals surface area contributed by atoms with Crippen molar-refractivity contribution in [2.24, 2.45) is 5.10 Å². The van der Waals surface area contributed by atoms with Crippen molar-refractivity contribution in [3.8, 4) is 16.3 Å². The standard InChI is InChI=1S/C25H20FN3O2S/c1-17-23(32-25(28-17)19-9-3-2-4-10-19)24(30)29-27-15-18-8-7-12-21(14-18)31-16-20-11-5-6-13-22(20)26/h2-15H,16H2,1H3,(H,29,30)/b27-15+. The van der Waals surface area contributed by atoms with Crippen LogP contribution in [0.15, 0.2) is 84.0 Å². The number of nitrogens with zero attached hydrogens (tertiary/aromatic N) is 2. The van der Waals surface area contributed by atoms with Crippen molar-refractivity contribution in [3.63, 3.8) is 0 Å². The van der Waals surface area contributed by atoms with Crippen LogP contribution < -0.4 is 10.2 Å². The third-order valence-corrected chi connectivity index (χ3v) is 5.82. The lowest BCUT2D eigenvalue weighted by Crippen LogP contribution is -2.17. The van der Waals surface area contributed by atoms with Gasteiger partial charge in [-0.2, -0.15) is 5.10 Å². The summed E-state index contributed by atoms with van der Waals surface area (Å²) in [5.41, 5.74) is 5.39. The van der Waals surface area contributed by atoms with Crippen molar-refractivity contribution >= 4 is 23.5 Å². The van der Waals surface area contributed by atoms with Gasteiger partial charge in [0.25, 0.3) is 5.91 Å². The molecule has 7 heteroatoms. The number of carbonyl (C=O) groups excluding carboxylic acids is 1. The highest BCUT2D eigenvalue weighted by Gasteiger charge is 2.15. The molecule has 1 amide bonds. The Morgan fingerprint density at radius 3 is 2.69 bits per heavy atom. The average molecular weight is 446 g/mol. The molecule has 0 saturated heterocycles. The van der Waals surface area contributed by atoms with Crippen molar-refractivity contribution < 1.29 is 13.9 Å². The van der Waals surface area contributed by atoms with Crippen LogP contribution in [0.5, 0.6) is 5.75 Å². The van der Waals surface area contributed by atoms with Crippen LogP contribution in [0.2, 0.25) is 0 Å². The minimum absolute atomic E-state index is 0.123.